The highest BCUT2D eigenvalue weighted by atomic mass is 16.5. The van der Waals surface area contributed by atoms with Crippen LogP contribution in [0, 0.1) is 0 Å². The normalized spacial score (nSPS) is 10.6. The Hall–Kier alpha value is -2.62. The summed E-state index contributed by atoms with van der Waals surface area (Å²) in [6.45, 7) is 0. The number of aromatic nitrogens is 1. The van der Waals surface area contributed by atoms with Crippen molar-refractivity contribution in [1.29, 1.82) is 0 Å². The van der Waals surface area contributed by atoms with Crippen molar-refractivity contribution in [2.45, 2.75) is 0 Å². The van der Waals surface area contributed by atoms with E-state index in [9.17, 15) is 4.79 Å². The van der Waals surface area contributed by atoms with E-state index in [1.807, 2.05) is 26.2 Å². The van der Waals surface area contributed by atoms with Crippen molar-refractivity contribution in [3.8, 4) is 0 Å². The molecule has 21 heavy (non-hydrogen) atoms. The number of anilines is 1. The zero-order valence-corrected chi connectivity index (χ0v) is 12.4. The zero-order valence-electron chi connectivity index (χ0n) is 12.4. The fraction of sp³-hybridized carbons (Fsp3) is 0.176. The first-order valence-electron chi connectivity index (χ1n) is 6.60. The Labute approximate surface area is 124 Å². The van der Waals surface area contributed by atoms with Crippen LogP contribution in [0.15, 0.2) is 42.6 Å². The van der Waals surface area contributed by atoms with Crippen LogP contribution in [-0.2, 0) is 4.74 Å². The summed E-state index contributed by atoms with van der Waals surface area (Å²) in [6.07, 6.45) is 5.41. The van der Waals surface area contributed by atoms with Crippen molar-refractivity contribution in [2.24, 2.45) is 0 Å². The molecular weight excluding hydrogens is 264 g/mol. The van der Waals surface area contributed by atoms with Crippen LogP contribution in [0.3, 0.4) is 0 Å². The number of carbonyl (C=O) groups is 1. The smallest absolute Gasteiger partial charge is 0.339 e. The summed E-state index contributed by atoms with van der Waals surface area (Å²) in [5, 5.41) is 0. The number of pyridine rings is 1. The maximum atomic E-state index is 11.3. The Morgan fingerprint density at radius 1 is 1.10 bits per heavy atom. The van der Waals surface area contributed by atoms with E-state index in [1.54, 1.807) is 12.1 Å². The molecule has 0 amide bonds. The van der Waals surface area contributed by atoms with Crippen LogP contribution in [0.1, 0.15) is 21.6 Å². The van der Waals surface area contributed by atoms with Gasteiger partial charge in [-0.05, 0) is 35.9 Å². The molecule has 108 valence electrons. The SMILES string of the molecule is COC(=O)c1ccc(/C=C/c2ccc(N(C)C)cc2)nc1. The number of benzene rings is 1. The Bertz CT molecular complexity index is 629. The molecule has 0 unspecified atom stereocenters. The lowest BCUT2D eigenvalue weighted by Crippen LogP contribution is -2.07. The molecule has 0 fully saturated rings. The molecular formula is C17H18N2O2. The molecule has 0 aliphatic heterocycles. The molecule has 0 atom stereocenters. The van der Waals surface area contributed by atoms with Crippen LogP contribution >= 0.6 is 0 Å². The second-order valence-electron chi connectivity index (χ2n) is 4.78. The van der Waals surface area contributed by atoms with Gasteiger partial charge in [-0.3, -0.25) is 4.98 Å². The van der Waals surface area contributed by atoms with Crippen LogP contribution in [-0.4, -0.2) is 32.2 Å². The first-order valence-corrected chi connectivity index (χ1v) is 6.60. The molecule has 2 aromatic rings. The predicted octanol–water partition coefficient (Wildman–Crippen LogP) is 3.10. The van der Waals surface area contributed by atoms with Gasteiger partial charge in [0.1, 0.15) is 0 Å². The van der Waals surface area contributed by atoms with Gasteiger partial charge in [-0.1, -0.05) is 18.2 Å². The highest BCUT2D eigenvalue weighted by Crippen LogP contribution is 2.14. The second-order valence-corrected chi connectivity index (χ2v) is 4.78. The maximum absolute atomic E-state index is 11.3. The highest BCUT2D eigenvalue weighted by Gasteiger charge is 2.04. The molecule has 0 saturated carbocycles. The monoisotopic (exact) mass is 282 g/mol. The van der Waals surface area contributed by atoms with E-state index >= 15 is 0 Å². The van der Waals surface area contributed by atoms with Crippen molar-refractivity contribution >= 4 is 23.8 Å². The van der Waals surface area contributed by atoms with Crippen molar-refractivity contribution in [2.75, 3.05) is 26.1 Å². The standard InChI is InChI=1S/C17H18N2O2/c1-19(2)16-10-5-13(6-11-16)4-8-15-9-7-14(12-18-15)17(20)21-3/h4-12H,1-3H3/b8-4+. The summed E-state index contributed by atoms with van der Waals surface area (Å²) in [6, 6.07) is 11.7. The van der Waals surface area contributed by atoms with E-state index < -0.39 is 0 Å². The lowest BCUT2D eigenvalue weighted by atomic mass is 10.1. The minimum Gasteiger partial charge on any atom is -0.465 e. The minimum absolute atomic E-state index is 0.377. The van der Waals surface area contributed by atoms with E-state index in [1.165, 1.54) is 13.3 Å². The average Bonchev–Trinajstić information content (AvgIpc) is 2.53. The number of nitrogens with zero attached hydrogens (tertiary/aromatic N) is 2. The number of methoxy groups -OCH3 is 1. The summed E-state index contributed by atoms with van der Waals surface area (Å²) in [4.78, 5) is 17.6. The molecule has 1 aromatic heterocycles. The Morgan fingerprint density at radius 3 is 2.33 bits per heavy atom. The average molecular weight is 282 g/mol. The third-order valence-electron chi connectivity index (χ3n) is 3.06. The van der Waals surface area contributed by atoms with Crippen LogP contribution in [0.4, 0.5) is 5.69 Å². The van der Waals surface area contributed by atoms with Gasteiger partial charge in [0.25, 0.3) is 0 Å². The molecule has 0 bridgehead atoms. The topological polar surface area (TPSA) is 42.4 Å². The van der Waals surface area contributed by atoms with Gasteiger partial charge in [-0.2, -0.15) is 0 Å². The molecule has 0 radical (unpaired) electrons. The maximum Gasteiger partial charge on any atom is 0.339 e. The summed E-state index contributed by atoms with van der Waals surface area (Å²) in [7, 11) is 5.38. The molecule has 0 saturated heterocycles. The number of esters is 1. The number of rotatable bonds is 4. The quantitative estimate of drug-likeness (QED) is 0.808. The lowest BCUT2D eigenvalue weighted by molar-refractivity contribution is 0.0600. The van der Waals surface area contributed by atoms with Crippen LogP contribution in [0.2, 0.25) is 0 Å². The number of ether oxygens (including phenoxy) is 1. The van der Waals surface area contributed by atoms with E-state index in [2.05, 4.69) is 38.9 Å². The summed E-state index contributed by atoms with van der Waals surface area (Å²) in [5.74, 6) is -0.377. The van der Waals surface area contributed by atoms with Gasteiger partial charge in [-0.15, -0.1) is 0 Å². The van der Waals surface area contributed by atoms with Gasteiger partial charge in [-0.25, -0.2) is 4.79 Å². The van der Waals surface area contributed by atoms with Crippen molar-refractivity contribution in [3.05, 3.63) is 59.4 Å². The Balaban J connectivity index is 2.08. The molecule has 0 N–H and O–H groups in total. The third kappa shape index (κ3) is 3.92. The second kappa shape index (κ2) is 6.70. The van der Waals surface area contributed by atoms with Gasteiger partial charge < -0.3 is 9.64 Å². The van der Waals surface area contributed by atoms with Crippen LogP contribution in [0.5, 0.6) is 0 Å². The molecule has 0 aliphatic carbocycles. The third-order valence-corrected chi connectivity index (χ3v) is 3.06. The summed E-state index contributed by atoms with van der Waals surface area (Å²) >= 11 is 0. The van der Waals surface area contributed by atoms with E-state index in [0.717, 1.165) is 16.9 Å². The van der Waals surface area contributed by atoms with Gasteiger partial charge in [0.05, 0.1) is 18.4 Å². The molecule has 2 rings (SSSR count). The molecule has 4 nitrogen and oxygen atoms in total. The first-order chi connectivity index (χ1) is 10.1. The summed E-state index contributed by atoms with van der Waals surface area (Å²) < 4.78 is 4.63. The van der Waals surface area contributed by atoms with E-state index in [4.69, 9.17) is 0 Å². The Kier molecular flexibility index (Phi) is 4.72. The summed E-state index contributed by atoms with van der Waals surface area (Å²) in [5.41, 5.74) is 3.50. The first kappa shape index (κ1) is 14.8. The molecule has 0 aliphatic rings. The fourth-order valence-corrected chi connectivity index (χ4v) is 1.81. The van der Waals surface area contributed by atoms with Gasteiger partial charge in [0.2, 0.25) is 0 Å². The van der Waals surface area contributed by atoms with Gasteiger partial charge in [0.15, 0.2) is 0 Å². The highest BCUT2D eigenvalue weighted by molar-refractivity contribution is 5.89. The number of carbonyl (C=O) groups excluding carboxylic acids is 1. The van der Waals surface area contributed by atoms with Crippen molar-refractivity contribution in [3.63, 3.8) is 0 Å². The van der Waals surface area contributed by atoms with E-state index in [0.29, 0.717) is 5.56 Å². The van der Waals surface area contributed by atoms with Crippen molar-refractivity contribution < 1.29 is 9.53 Å². The molecule has 0 spiro atoms. The molecule has 1 heterocycles. The van der Waals surface area contributed by atoms with Crippen LogP contribution in [0.25, 0.3) is 12.2 Å². The van der Waals surface area contributed by atoms with Crippen LogP contribution < -0.4 is 4.90 Å². The largest absolute Gasteiger partial charge is 0.465 e. The Morgan fingerprint density at radius 2 is 1.81 bits per heavy atom. The molecule has 4 heteroatoms. The number of hydrogen-bond donors (Lipinski definition) is 0. The number of hydrogen-bond acceptors (Lipinski definition) is 4. The van der Waals surface area contributed by atoms with Gasteiger partial charge in [0, 0.05) is 26.0 Å². The zero-order chi connectivity index (χ0) is 15.2. The lowest BCUT2D eigenvalue weighted by Gasteiger charge is -2.11. The minimum atomic E-state index is -0.377. The molecule has 1 aromatic carbocycles. The van der Waals surface area contributed by atoms with E-state index in [-0.39, 0.29) is 5.97 Å². The predicted molar refractivity (Wildman–Crippen MR) is 85.3 cm³/mol. The fourth-order valence-electron chi connectivity index (χ4n) is 1.81. The van der Waals surface area contributed by atoms with Crippen molar-refractivity contribution in [1.82, 2.24) is 4.98 Å². The van der Waals surface area contributed by atoms with Gasteiger partial charge >= 0.3 is 5.97 Å².